The van der Waals surface area contributed by atoms with Crippen LogP contribution in [0.4, 0.5) is 0 Å². The van der Waals surface area contributed by atoms with Gasteiger partial charge in [-0.3, -0.25) is 4.79 Å². The molecule has 92 valence electrons. The molecule has 0 aliphatic heterocycles. The van der Waals surface area contributed by atoms with E-state index in [9.17, 15) is 20.1 Å². The van der Waals surface area contributed by atoms with Gasteiger partial charge in [0.25, 0.3) is 0 Å². The van der Waals surface area contributed by atoms with Gasteiger partial charge in [0.15, 0.2) is 0 Å². The highest BCUT2D eigenvalue weighted by atomic mass is 16.4. The largest absolute Gasteiger partial charge is 0.392 e. The summed E-state index contributed by atoms with van der Waals surface area (Å²) in [5.74, 6) is -0.277. The second kappa shape index (κ2) is 5.40. The van der Waals surface area contributed by atoms with Gasteiger partial charge in [0.05, 0.1) is 12.6 Å². The third-order valence-corrected chi connectivity index (χ3v) is 2.65. The second-order valence-corrected chi connectivity index (χ2v) is 3.77. The molecule has 16 heavy (non-hydrogen) atoms. The molecule has 1 rings (SSSR count). The molecule has 0 aromatic heterocycles. The van der Waals surface area contributed by atoms with Gasteiger partial charge >= 0.3 is 0 Å². The number of amides is 1. The summed E-state index contributed by atoms with van der Waals surface area (Å²) in [6.45, 7) is 1.23. The Hall–Kier alpha value is -0.950. The monoisotopic (exact) mass is 231 g/mol. The molecule has 0 heterocycles. The van der Waals surface area contributed by atoms with Crippen LogP contribution < -0.4 is 5.32 Å². The van der Waals surface area contributed by atoms with Crippen molar-refractivity contribution in [3.8, 4) is 0 Å². The molecule has 4 atom stereocenters. The fourth-order valence-electron chi connectivity index (χ4n) is 1.61. The lowest BCUT2D eigenvalue weighted by Crippen LogP contribution is -2.55. The number of carbonyl (C=O) groups is 1. The topological polar surface area (TPSA) is 110 Å². The lowest BCUT2D eigenvalue weighted by Gasteiger charge is -2.34. The first-order valence-corrected chi connectivity index (χ1v) is 5.16. The summed E-state index contributed by atoms with van der Waals surface area (Å²) in [6.07, 6.45) is -2.36. The van der Waals surface area contributed by atoms with Gasteiger partial charge in [0, 0.05) is 6.42 Å². The molecule has 5 N–H and O–H groups in total. The van der Waals surface area contributed by atoms with Gasteiger partial charge in [-0.05, 0) is 5.57 Å². The highest BCUT2D eigenvalue weighted by Gasteiger charge is 2.37. The average molecular weight is 231 g/mol. The van der Waals surface area contributed by atoms with E-state index in [-0.39, 0.29) is 17.9 Å². The molecule has 0 bridgehead atoms. The zero-order valence-corrected chi connectivity index (χ0v) is 9.00. The predicted octanol–water partition coefficient (Wildman–Crippen LogP) is -2.10. The third-order valence-electron chi connectivity index (χ3n) is 2.65. The summed E-state index contributed by atoms with van der Waals surface area (Å²) >= 11 is 0. The molecule has 6 heteroatoms. The van der Waals surface area contributed by atoms with Crippen LogP contribution in [-0.2, 0) is 4.79 Å². The molecule has 1 amide bonds. The van der Waals surface area contributed by atoms with Crippen LogP contribution in [0.15, 0.2) is 11.6 Å². The first kappa shape index (κ1) is 13.1. The van der Waals surface area contributed by atoms with Crippen molar-refractivity contribution in [3.05, 3.63) is 11.6 Å². The predicted molar refractivity (Wildman–Crippen MR) is 55.4 cm³/mol. The van der Waals surface area contributed by atoms with E-state index in [0.717, 1.165) is 0 Å². The van der Waals surface area contributed by atoms with Crippen LogP contribution in [-0.4, -0.2) is 57.3 Å². The fraction of sp³-hybridized carbons (Fsp3) is 0.700. The van der Waals surface area contributed by atoms with Crippen molar-refractivity contribution in [2.75, 3.05) is 6.61 Å². The maximum atomic E-state index is 11.2. The molecule has 0 fully saturated rings. The first-order chi connectivity index (χ1) is 7.51. The maximum absolute atomic E-state index is 11.2. The number of carbonyl (C=O) groups excluding carboxylic acids is 1. The number of aliphatic hydroxyl groups is 4. The summed E-state index contributed by atoms with van der Waals surface area (Å²) in [5.41, 5.74) is 0.194. The minimum absolute atomic E-state index is 0.194. The molecule has 6 nitrogen and oxygen atoms in total. The van der Waals surface area contributed by atoms with Gasteiger partial charge in [-0.25, -0.2) is 0 Å². The Kier molecular flexibility index (Phi) is 4.43. The molecule has 0 aromatic rings. The van der Waals surface area contributed by atoms with Crippen molar-refractivity contribution >= 4 is 5.91 Å². The summed E-state index contributed by atoms with van der Waals surface area (Å²) in [5, 5.41) is 40.0. The Morgan fingerprint density at radius 2 is 2.00 bits per heavy atom. The van der Waals surface area contributed by atoms with Crippen LogP contribution in [0.5, 0.6) is 0 Å². The van der Waals surface area contributed by atoms with Crippen molar-refractivity contribution in [2.24, 2.45) is 0 Å². The van der Waals surface area contributed by atoms with E-state index in [2.05, 4.69) is 5.32 Å². The van der Waals surface area contributed by atoms with Gasteiger partial charge in [0.2, 0.25) is 5.91 Å². The van der Waals surface area contributed by atoms with Crippen LogP contribution in [0.3, 0.4) is 0 Å². The number of aliphatic hydroxyl groups excluding tert-OH is 4. The lowest BCUT2D eigenvalue weighted by molar-refractivity contribution is -0.123. The smallest absolute Gasteiger partial charge is 0.220 e. The van der Waals surface area contributed by atoms with Crippen LogP contribution in [0, 0.1) is 0 Å². The van der Waals surface area contributed by atoms with Gasteiger partial charge in [-0.1, -0.05) is 13.0 Å². The highest BCUT2D eigenvalue weighted by Crippen LogP contribution is 2.20. The number of nitrogens with one attached hydrogen (secondary N) is 1. The summed E-state index contributed by atoms with van der Waals surface area (Å²) in [6, 6.07) is -0.784. The van der Waals surface area contributed by atoms with E-state index < -0.39 is 31.0 Å². The SMILES string of the molecule is CCC(=O)N[C@H]1C=C(CO)[C@@H](O)C(O)[C@H]1O. The Bertz CT molecular complexity index is 291. The van der Waals surface area contributed by atoms with Gasteiger partial charge < -0.3 is 25.7 Å². The van der Waals surface area contributed by atoms with Crippen molar-refractivity contribution < 1.29 is 25.2 Å². The van der Waals surface area contributed by atoms with Crippen LogP contribution in [0.1, 0.15) is 13.3 Å². The zero-order chi connectivity index (χ0) is 12.3. The van der Waals surface area contributed by atoms with Crippen molar-refractivity contribution in [1.29, 1.82) is 0 Å². The third kappa shape index (κ3) is 2.59. The Labute approximate surface area is 93.2 Å². The molecule has 0 aromatic carbocycles. The number of hydrogen-bond donors (Lipinski definition) is 5. The van der Waals surface area contributed by atoms with E-state index in [1.165, 1.54) is 6.08 Å². The van der Waals surface area contributed by atoms with Crippen LogP contribution in [0.25, 0.3) is 0 Å². The summed E-state index contributed by atoms with van der Waals surface area (Å²) < 4.78 is 0. The molecular weight excluding hydrogens is 214 g/mol. The van der Waals surface area contributed by atoms with Crippen molar-refractivity contribution in [3.63, 3.8) is 0 Å². The van der Waals surface area contributed by atoms with Gasteiger partial charge in [0.1, 0.15) is 18.3 Å². The van der Waals surface area contributed by atoms with E-state index >= 15 is 0 Å². The standard InChI is InChI=1S/C10H17NO5/c1-2-7(13)11-6-3-5(4-12)8(14)10(16)9(6)15/h3,6,8-10,12,14-16H,2,4H2,1H3,(H,11,13)/t6-,8+,9-,10?/m0/s1. The molecule has 1 unspecified atom stereocenters. The molecule has 0 radical (unpaired) electrons. The number of hydrogen-bond acceptors (Lipinski definition) is 5. The van der Waals surface area contributed by atoms with Gasteiger partial charge in [-0.2, -0.15) is 0 Å². The van der Waals surface area contributed by atoms with E-state index in [0.29, 0.717) is 0 Å². The summed E-state index contributed by atoms with van der Waals surface area (Å²) in [4.78, 5) is 11.2. The van der Waals surface area contributed by atoms with E-state index in [4.69, 9.17) is 5.11 Å². The van der Waals surface area contributed by atoms with Crippen LogP contribution >= 0.6 is 0 Å². The Balaban J connectivity index is 2.83. The molecule has 0 spiro atoms. The number of rotatable bonds is 3. The van der Waals surface area contributed by atoms with Crippen LogP contribution in [0.2, 0.25) is 0 Å². The highest BCUT2D eigenvalue weighted by molar-refractivity contribution is 5.76. The van der Waals surface area contributed by atoms with Gasteiger partial charge in [-0.15, -0.1) is 0 Å². The maximum Gasteiger partial charge on any atom is 0.220 e. The molecule has 1 aliphatic carbocycles. The lowest BCUT2D eigenvalue weighted by atomic mass is 9.88. The molecule has 0 saturated heterocycles. The quantitative estimate of drug-likeness (QED) is 0.357. The molecule has 0 saturated carbocycles. The van der Waals surface area contributed by atoms with Crippen molar-refractivity contribution in [1.82, 2.24) is 5.32 Å². The van der Waals surface area contributed by atoms with E-state index in [1.54, 1.807) is 6.92 Å². The molecular formula is C10H17NO5. The average Bonchev–Trinajstić information content (AvgIpc) is 2.29. The first-order valence-electron chi connectivity index (χ1n) is 5.16. The van der Waals surface area contributed by atoms with Crippen molar-refractivity contribution in [2.45, 2.75) is 37.7 Å². The minimum Gasteiger partial charge on any atom is -0.392 e. The molecule has 1 aliphatic rings. The zero-order valence-electron chi connectivity index (χ0n) is 9.00. The Morgan fingerprint density at radius 3 is 2.50 bits per heavy atom. The minimum atomic E-state index is -1.41. The Morgan fingerprint density at radius 1 is 1.38 bits per heavy atom. The van der Waals surface area contributed by atoms with E-state index in [1.807, 2.05) is 0 Å². The summed E-state index contributed by atoms with van der Waals surface area (Å²) in [7, 11) is 0. The normalized spacial score (nSPS) is 34.4. The fourth-order valence-corrected chi connectivity index (χ4v) is 1.61. The second-order valence-electron chi connectivity index (χ2n) is 3.77.